The van der Waals surface area contributed by atoms with Gasteiger partial charge in [-0.1, -0.05) is 60.7 Å². The zero-order valence-corrected chi connectivity index (χ0v) is 12.5. The minimum Gasteiger partial charge on any atom is -0.452 e. The highest BCUT2D eigenvalue weighted by Gasteiger charge is 2.47. The number of ether oxygens (including phenoxy) is 1. The number of benzene rings is 2. The van der Waals surface area contributed by atoms with Crippen LogP contribution in [0.4, 0.5) is 0 Å². The first-order valence-electron chi connectivity index (χ1n) is 6.75. The molecule has 3 rings (SSSR count). The average molecular weight is 297 g/mol. The summed E-state index contributed by atoms with van der Waals surface area (Å²) in [4.78, 5) is 13.3. The Morgan fingerprint density at radius 2 is 1.52 bits per heavy atom. The number of rotatable bonds is 2. The number of nitrogens with zero attached hydrogens (tertiary/aromatic N) is 1. The maximum absolute atomic E-state index is 11.8. The van der Waals surface area contributed by atoms with Crippen LogP contribution in [0.25, 0.3) is 0 Å². The lowest BCUT2D eigenvalue weighted by molar-refractivity contribution is -0.124. The molecule has 0 N–H and O–H groups in total. The number of hydrogen-bond acceptors (Lipinski definition) is 3. The molecule has 0 aromatic heterocycles. The van der Waals surface area contributed by atoms with Crippen LogP contribution in [-0.2, 0) is 15.1 Å². The molecule has 0 aliphatic carbocycles. The van der Waals surface area contributed by atoms with Crippen LogP contribution in [0.1, 0.15) is 18.1 Å². The van der Waals surface area contributed by atoms with Crippen molar-refractivity contribution in [3.63, 3.8) is 0 Å². The second-order valence-corrected chi connectivity index (χ2v) is 5.38. The van der Waals surface area contributed by atoms with E-state index in [1.807, 2.05) is 60.7 Å². The minimum absolute atomic E-state index is 0.103. The smallest absolute Gasteiger partial charge is 0.267 e. The van der Waals surface area contributed by atoms with Gasteiger partial charge in [0.25, 0.3) is 5.17 Å². The molecular weight excluding hydrogens is 282 g/mol. The fourth-order valence-electron chi connectivity index (χ4n) is 2.65. The van der Waals surface area contributed by atoms with Gasteiger partial charge in [0.1, 0.15) is 0 Å². The highest BCUT2D eigenvalue weighted by molar-refractivity contribution is 7.80. The van der Waals surface area contributed by atoms with E-state index in [-0.39, 0.29) is 11.1 Å². The molecule has 1 fully saturated rings. The molecule has 21 heavy (non-hydrogen) atoms. The maximum Gasteiger partial charge on any atom is 0.267 e. The van der Waals surface area contributed by atoms with Gasteiger partial charge in [0.15, 0.2) is 5.60 Å². The van der Waals surface area contributed by atoms with Crippen molar-refractivity contribution in [1.82, 2.24) is 4.90 Å². The van der Waals surface area contributed by atoms with Gasteiger partial charge in [-0.15, -0.1) is 0 Å². The molecule has 1 aliphatic heterocycles. The third-order valence-corrected chi connectivity index (χ3v) is 4.03. The van der Waals surface area contributed by atoms with Gasteiger partial charge < -0.3 is 4.74 Å². The van der Waals surface area contributed by atoms with Gasteiger partial charge in [-0.05, 0) is 12.2 Å². The Kier molecular flexibility index (Phi) is 3.47. The van der Waals surface area contributed by atoms with Gasteiger partial charge in [0.2, 0.25) is 5.91 Å². The Balaban J connectivity index is 2.14. The second kappa shape index (κ2) is 5.30. The Morgan fingerprint density at radius 3 is 1.90 bits per heavy atom. The minimum atomic E-state index is -0.731. The normalized spacial score (nSPS) is 16.6. The van der Waals surface area contributed by atoms with E-state index >= 15 is 0 Å². The number of hydrogen-bond donors (Lipinski definition) is 0. The van der Waals surface area contributed by atoms with E-state index in [4.69, 9.17) is 17.0 Å². The third kappa shape index (κ3) is 2.32. The molecule has 0 radical (unpaired) electrons. The van der Waals surface area contributed by atoms with E-state index < -0.39 is 5.60 Å². The number of thiocarbonyl (C=S) groups is 1. The summed E-state index contributed by atoms with van der Waals surface area (Å²) in [5, 5.41) is 0.232. The van der Waals surface area contributed by atoms with Crippen molar-refractivity contribution in [2.75, 3.05) is 6.54 Å². The molecule has 106 valence electrons. The molecule has 0 bridgehead atoms. The first-order chi connectivity index (χ1) is 10.1. The van der Waals surface area contributed by atoms with Crippen LogP contribution in [0.3, 0.4) is 0 Å². The fraction of sp³-hybridized carbons (Fsp3) is 0.176. The first-order valence-corrected chi connectivity index (χ1v) is 7.16. The van der Waals surface area contributed by atoms with Crippen molar-refractivity contribution in [3.05, 3.63) is 71.8 Å². The number of carbonyl (C=O) groups excluding carboxylic acids is 1. The van der Waals surface area contributed by atoms with E-state index in [1.165, 1.54) is 11.8 Å². The summed E-state index contributed by atoms with van der Waals surface area (Å²) < 4.78 is 6.03. The van der Waals surface area contributed by atoms with E-state index in [0.717, 1.165) is 11.1 Å². The third-order valence-electron chi connectivity index (χ3n) is 3.72. The van der Waals surface area contributed by atoms with Crippen molar-refractivity contribution in [2.24, 2.45) is 0 Å². The molecule has 2 aromatic carbocycles. The molecule has 1 heterocycles. The van der Waals surface area contributed by atoms with Gasteiger partial charge in [-0.25, -0.2) is 0 Å². The summed E-state index contributed by atoms with van der Waals surface area (Å²) in [6.45, 7) is 1.90. The molecule has 1 aliphatic rings. The SMILES string of the molecule is CC(=O)N1CC(c2ccccc2)(c2ccccc2)OC1=S. The van der Waals surface area contributed by atoms with E-state index in [1.54, 1.807) is 0 Å². The van der Waals surface area contributed by atoms with Crippen molar-refractivity contribution in [1.29, 1.82) is 0 Å². The second-order valence-electron chi connectivity index (χ2n) is 5.03. The van der Waals surface area contributed by atoms with Crippen LogP contribution in [0.5, 0.6) is 0 Å². The van der Waals surface area contributed by atoms with Crippen molar-refractivity contribution in [3.8, 4) is 0 Å². The Labute approximate surface area is 129 Å². The summed E-state index contributed by atoms with van der Waals surface area (Å²) in [6.07, 6.45) is 0. The molecule has 1 amide bonds. The lowest BCUT2D eigenvalue weighted by Crippen LogP contribution is -2.35. The van der Waals surface area contributed by atoms with Gasteiger partial charge >= 0.3 is 0 Å². The zero-order chi connectivity index (χ0) is 14.9. The number of amides is 1. The van der Waals surface area contributed by atoms with Crippen LogP contribution in [-0.4, -0.2) is 22.5 Å². The summed E-state index contributed by atoms with van der Waals surface area (Å²) in [7, 11) is 0. The first kappa shape index (κ1) is 13.8. The highest BCUT2D eigenvalue weighted by Crippen LogP contribution is 2.39. The van der Waals surface area contributed by atoms with E-state index in [2.05, 4.69) is 0 Å². The van der Waals surface area contributed by atoms with Crippen LogP contribution in [0, 0.1) is 0 Å². The summed E-state index contributed by atoms with van der Waals surface area (Å²) in [6, 6.07) is 19.8. The summed E-state index contributed by atoms with van der Waals surface area (Å²) >= 11 is 5.25. The molecule has 1 saturated heterocycles. The molecule has 3 nitrogen and oxygen atoms in total. The van der Waals surface area contributed by atoms with Crippen LogP contribution in [0.15, 0.2) is 60.7 Å². The number of carbonyl (C=O) groups is 1. The van der Waals surface area contributed by atoms with E-state index in [9.17, 15) is 4.79 Å². The van der Waals surface area contributed by atoms with Crippen LogP contribution < -0.4 is 0 Å². The monoisotopic (exact) mass is 297 g/mol. The topological polar surface area (TPSA) is 29.5 Å². The summed E-state index contributed by atoms with van der Waals surface area (Å²) in [5.41, 5.74) is 1.25. The lowest BCUT2D eigenvalue weighted by Gasteiger charge is -2.28. The predicted octanol–water partition coefficient (Wildman–Crippen LogP) is 3.09. The van der Waals surface area contributed by atoms with Gasteiger partial charge in [-0.2, -0.15) is 0 Å². The fourth-order valence-corrected chi connectivity index (χ4v) is 2.98. The Bertz CT molecular complexity index is 630. The highest BCUT2D eigenvalue weighted by atomic mass is 32.1. The van der Waals surface area contributed by atoms with E-state index in [0.29, 0.717) is 6.54 Å². The largest absolute Gasteiger partial charge is 0.452 e. The molecular formula is C17H15NO2S. The lowest BCUT2D eigenvalue weighted by atomic mass is 9.86. The predicted molar refractivity (Wildman–Crippen MR) is 84.7 cm³/mol. The van der Waals surface area contributed by atoms with Gasteiger partial charge in [0, 0.05) is 18.1 Å². The molecule has 0 unspecified atom stereocenters. The van der Waals surface area contributed by atoms with Gasteiger partial charge in [0.05, 0.1) is 6.54 Å². The van der Waals surface area contributed by atoms with Crippen LogP contribution >= 0.6 is 12.2 Å². The molecule has 2 aromatic rings. The average Bonchev–Trinajstić information content (AvgIpc) is 2.88. The standard InChI is InChI=1S/C17H15NO2S/c1-13(19)18-12-17(20-16(18)21,14-8-4-2-5-9-14)15-10-6-3-7-11-15/h2-11H,12H2,1H3. The Hall–Kier alpha value is -2.20. The summed E-state index contributed by atoms with van der Waals surface area (Å²) in [5.74, 6) is -0.103. The van der Waals surface area contributed by atoms with Crippen molar-refractivity contribution >= 4 is 23.3 Å². The Morgan fingerprint density at radius 1 is 1.05 bits per heavy atom. The molecule has 0 atom stereocenters. The molecule has 4 heteroatoms. The van der Waals surface area contributed by atoms with Gasteiger partial charge in [-0.3, -0.25) is 9.69 Å². The van der Waals surface area contributed by atoms with Crippen molar-refractivity contribution < 1.29 is 9.53 Å². The molecule has 0 saturated carbocycles. The maximum atomic E-state index is 11.8. The van der Waals surface area contributed by atoms with Crippen molar-refractivity contribution in [2.45, 2.75) is 12.5 Å². The quantitative estimate of drug-likeness (QED) is 0.798. The molecule has 0 spiro atoms. The van der Waals surface area contributed by atoms with Crippen LogP contribution in [0.2, 0.25) is 0 Å². The zero-order valence-electron chi connectivity index (χ0n) is 11.7.